The molecule has 0 radical (unpaired) electrons. The van der Waals surface area contributed by atoms with Gasteiger partial charge < -0.3 is 9.30 Å². The van der Waals surface area contributed by atoms with Crippen molar-refractivity contribution < 1.29 is 4.74 Å². The van der Waals surface area contributed by atoms with E-state index in [9.17, 15) is 0 Å². The number of imidazole rings is 1. The number of rotatable bonds is 4. The predicted molar refractivity (Wildman–Crippen MR) is 71.9 cm³/mol. The van der Waals surface area contributed by atoms with Gasteiger partial charge in [-0.3, -0.25) is 0 Å². The van der Waals surface area contributed by atoms with E-state index in [0.29, 0.717) is 23.5 Å². The molecule has 0 saturated heterocycles. The van der Waals surface area contributed by atoms with Crippen LogP contribution in [0.1, 0.15) is 0 Å². The maximum absolute atomic E-state index is 5.92. The third-order valence-electron chi connectivity index (χ3n) is 2.15. The van der Waals surface area contributed by atoms with Crippen molar-refractivity contribution >= 4 is 39.1 Å². The van der Waals surface area contributed by atoms with Gasteiger partial charge in [0.15, 0.2) is 5.15 Å². The number of aromatic nitrogens is 2. The van der Waals surface area contributed by atoms with Crippen molar-refractivity contribution in [3.63, 3.8) is 0 Å². The van der Waals surface area contributed by atoms with Crippen LogP contribution in [0.25, 0.3) is 0 Å². The average Bonchev–Trinajstić information content (AvgIpc) is 2.64. The highest BCUT2D eigenvalue weighted by atomic mass is 79.9. The van der Waals surface area contributed by atoms with E-state index in [1.807, 2.05) is 24.3 Å². The van der Waals surface area contributed by atoms with E-state index in [2.05, 4.69) is 20.9 Å². The van der Waals surface area contributed by atoms with E-state index >= 15 is 0 Å². The van der Waals surface area contributed by atoms with Gasteiger partial charge in [0.05, 0.1) is 12.9 Å². The third kappa shape index (κ3) is 3.37. The summed E-state index contributed by atoms with van der Waals surface area (Å²) in [5.41, 5.74) is 0. The first-order valence-electron chi connectivity index (χ1n) is 4.91. The molecule has 0 amide bonds. The fourth-order valence-electron chi connectivity index (χ4n) is 1.29. The second-order valence-electron chi connectivity index (χ2n) is 3.32. The fourth-order valence-corrected chi connectivity index (χ4v) is 1.88. The van der Waals surface area contributed by atoms with Crippen molar-refractivity contribution in [2.75, 3.05) is 6.61 Å². The molecule has 0 aliphatic rings. The van der Waals surface area contributed by atoms with Crippen LogP contribution in [0.2, 0.25) is 10.3 Å². The van der Waals surface area contributed by atoms with E-state index in [1.165, 1.54) is 0 Å². The minimum absolute atomic E-state index is 0.315. The fraction of sp³-hybridized carbons (Fsp3) is 0.182. The van der Waals surface area contributed by atoms with Crippen LogP contribution in [0, 0.1) is 0 Å². The SMILES string of the molecule is Clc1ncn(CCOc2ccc(Br)cc2)c1Cl. The topological polar surface area (TPSA) is 27.1 Å². The van der Waals surface area contributed by atoms with Crippen LogP contribution in [0.4, 0.5) is 0 Å². The van der Waals surface area contributed by atoms with Gasteiger partial charge in [0.1, 0.15) is 17.5 Å². The molecule has 3 nitrogen and oxygen atoms in total. The second-order valence-corrected chi connectivity index (χ2v) is 4.95. The Kier molecular flexibility index (Phi) is 4.31. The minimum Gasteiger partial charge on any atom is -0.492 e. The van der Waals surface area contributed by atoms with Crippen LogP contribution >= 0.6 is 39.1 Å². The molecule has 6 heteroatoms. The summed E-state index contributed by atoms with van der Waals surface area (Å²) >= 11 is 15.0. The van der Waals surface area contributed by atoms with E-state index in [4.69, 9.17) is 27.9 Å². The van der Waals surface area contributed by atoms with Gasteiger partial charge in [-0.05, 0) is 24.3 Å². The van der Waals surface area contributed by atoms with Crippen molar-refractivity contribution in [1.29, 1.82) is 0 Å². The summed E-state index contributed by atoms with van der Waals surface area (Å²) in [5.74, 6) is 0.815. The molecule has 0 fully saturated rings. The van der Waals surface area contributed by atoms with Crippen LogP contribution in [-0.4, -0.2) is 16.2 Å². The quantitative estimate of drug-likeness (QED) is 0.843. The van der Waals surface area contributed by atoms with Gasteiger partial charge in [-0.15, -0.1) is 0 Å². The third-order valence-corrected chi connectivity index (χ3v) is 3.45. The Morgan fingerprint density at radius 3 is 2.53 bits per heavy atom. The maximum Gasteiger partial charge on any atom is 0.166 e. The zero-order chi connectivity index (χ0) is 12.3. The summed E-state index contributed by atoms with van der Waals surface area (Å²) in [5, 5.41) is 0.751. The predicted octanol–water partition coefficient (Wildman–Crippen LogP) is 4.03. The van der Waals surface area contributed by atoms with Crippen LogP contribution in [0.5, 0.6) is 5.75 Å². The molecular weight excluding hydrogens is 327 g/mol. The molecule has 1 aromatic heterocycles. The van der Waals surface area contributed by atoms with Gasteiger partial charge in [0, 0.05) is 4.47 Å². The number of hydrogen-bond donors (Lipinski definition) is 0. The number of nitrogens with zero attached hydrogens (tertiary/aromatic N) is 2. The molecule has 1 heterocycles. The summed E-state index contributed by atoms with van der Waals surface area (Å²) in [6.45, 7) is 1.11. The largest absolute Gasteiger partial charge is 0.492 e. The number of halogens is 3. The molecule has 0 unspecified atom stereocenters. The Morgan fingerprint density at radius 2 is 1.94 bits per heavy atom. The van der Waals surface area contributed by atoms with Gasteiger partial charge in [-0.2, -0.15) is 0 Å². The highest BCUT2D eigenvalue weighted by molar-refractivity contribution is 9.10. The molecule has 2 aromatic rings. The molecular formula is C11H9BrCl2N2O. The van der Waals surface area contributed by atoms with Gasteiger partial charge in [-0.1, -0.05) is 39.1 Å². The lowest BCUT2D eigenvalue weighted by Gasteiger charge is -2.07. The van der Waals surface area contributed by atoms with Gasteiger partial charge in [0.25, 0.3) is 0 Å². The lowest BCUT2D eigenvalue weighted by molar-refractivity contribution is 0.298. The smallest absolute Gasteiger partial charge is 0.166 e. The van der Waals surface area contributed by atoms with Crippen molar-refractivity contribution in [3.05, 3.63) is 45.4 Å². The van der Waals surface area contributed by atoms with Crippen LogP contribution in [0.15, 0.2) is 35.1 Å². The summed E-state index contributed by atoms with van der Waals surface area (Å²) in [6.07, 6.45) is 1.59. The van der Waals surface area contributed by atoms with Crippen molar-refractivity contribution in [3.8, 4) is 5.75 Å². The average molecular weight is 336 g/mol. The highest BCUT2D eigenvalue weighted by Crippen LogP contribution is 2.20. The Labute approximate surface area is 117 Å². The molecule has 0 spiro atoms. The monoisotopic (exact) mass is 334 g/mol. The summed E-state index contributed by atoms with van der Waals surface area (Å²) in [7, 11) is 0. The first-order chi connectivity index (χ1) is 8.16. The Bertz CT molecular complexity index is 499. The van der Waals surface area contributed by atoms with Crippen LogP contribution in [-0.2, 0) is 6.54 Å². The van der Waals surface area contributed by atoms with E-state index in [1.54, 1.807) is 10.9 Å². The van der Waals surface area contributed by atoms with Gasteiger partial charge in [-0.25, -0.2) is 4.98 Å². The summed E-state index contributed by atoms with van der Waals surface area (Å²) < 4.78 is 8.32. The summed E-state index contributed by atoms with van der Waals surface area (Å²) in [4.78, 5) is 3.89. The van der Waals surface area contributed by atoms with Crippen molar-refractivity contribution in [1.82, 2.24) is 9.55 Å². The zero-order valence-electron chi connectivity index (χ0n) is 8.74. The molecule has 0 saturated carbocycles. The lowest BCUT2D eigenvalue weighted by atomic mass is 10.3. The molecule has 17 heavy (non-hydrogen) atoms. The molecule has 0 aliphatic heterocycles. The molecule has 0 N–H and O–H groups in total. The number of ether oxygens (including phenoxy) is 1. The maximum atomic E-state index is 5.92. The standard InChI is InChI=1S/C11H9BrCl2N2O/c12-8-1-3-9(4-2-8)17-6-5-16-7-15-10(13)11(16)14/h1-4,7H,5-6H2. The Hall–Kier alpha value is -0.710. The van der Waals surface area contributed by atoms with E-state index in [-0.39, 0.29) is 0 Å². The molecule has 1 aromatic carbocycles. The second kappa shape index (κ2) is 5.76. The molecule has 0 aliphatic carbocycles. The van der Waals surface area contributed by atoms with Crippen LogP contribution in [0.3, 0.4) is 0 Å². The zero-order valence-corrected chi connectivity index (χ0v) is 11.8. The molecule has 90 valence electrons. The normalized spacial score (nSPS) is 10.5. The lowest BCUT2D eigenvalue weighted by Crippen LogP contribution is -2.07. The van der Waals surface area contributed by atoms with E-state index in [0.717, 1.165) is 10.2 Å². The van der Waals surface area contributed by atoms with Crippen molar-refractivity contribution in [2.24, 2.45) is 0 Å². The molecule has 2 rings (SSSR count). The van der Waals surface area contributed by atoms with Gasteiger partial charge in [0.2, 0.25) is 0 Å². The number of hydrogen-bond acceptors (Lipinski definition) is 2. The van der Waals surface area contributed by atoms with Crippen LogP contribution < -0.4 is 4.74 Å². The Morgan fingerprint density at radius 1 is 1.24 bits per heavy atom. The molecule has 0 bridgehead atoms. The molecule has 0 atom stereocenters. The Balaban J connectivity index is 1.87. The highest BCUT2D eigenvalue weighted by Gasteiger charge is 2.05. The number of benzene rings is 1. The first kappa shape index (κ1) is 12.7. The minimum atomic E-state index is 0.315. The first-order valence-corrected chi connectivity index (χ1v) is 6.46. The van der Waals surface area contributed by atoms with Crippen molar-refractivity contribution in [2.45, 2.75) is 6.54 Å². The van der Waals surface area contributed by atoms with E-state index < -0.39 is 0 Å². The summed E-state index contributed by atoms with van der Waals surface area (Å²) in [6, 6.07) is 7.64. The van der Waals surface area contributed by atoms with Gasteiger partial charge >= 0.3 is 0 Å².